The van der Waals surface area contributed by atoms with Crippen LogP contribution in [0.4, 0.5) is 0 Å². The third-order valence-corrected chi connectivity index (χ3v) is 5.56. The van der Waals surface area contributed by atoms with Crippen molar-refractivity contribution < 1.29 is 0 Å². The molecule has 0 aromatic carbocycles. The van der Waals surface area contributed by atoms with Gasteiger partial charge in [-0.2, -0.15) is 0 Å². The Balaban J connectivity index is 1.71. The molecular weight excluding hydrogens is 328 g/mol. The molecule has 0 saturated heterocycles. The van der Waals surface area contributed by atoms with Crippen LogP contribution in [-0.2, 0) is 0 Å². The van der Waals surface area contributed by atoms with E-state index >= 15 is 0 Å². The highest BCUT2D eigenvalue weighted by Gasteiger charge is 2.12. The Morgan fingerprint density at radius 3 is 2.84 bits per heavy atom. The lowest BCUT2D eigenvalue weighted by atomic mass is 10.0. The topological polar surface area (TPSA) is 54.5 Å². The smallest absolute Gasteiger partial charge is 0.137 e. The van der Waals surface area contributed by atoms with Crippen LogP contribution < -0.4 is 0 Å². The van der Waals surface area contributed by atoms with E-state index in [4.69, 9.17) is 0 Å². The molecule has 25 heavy (non-hydrogen) atoms. The number of aromatic nitrogens is 4. The Morgan fingerprint density at radius 1 is 1.00 bits per heavy atom. The van der Waals surface area contributed by atoms with Crippen LogP contribution in [0.5, 0.6) is 0 Å². The zero-order valence-electron chi connectivity index (χ0n) is 13.5. The lowest BCUT2D eigenvalue weighted by Gasteiger charge is -2.05. The molecule has 5 aromatic rings. The average molecular weight is 342 g/mol. The first-order chi connectivity index (χ1) is 12.3. The Hall–Kier alpha value is -3.05. The van der Waals surface area contributed by atoms with Crippen molar-refractivity contribution in [2.45, 2.75) is 6.92 Å². The fourth-order valence-corrected chi connectivity index (χ4v) is 4.22. The van der Waals surface area contributed by atoms with E-state index in [0.717, 1.165) is 27.9 Å². The summed E-state index contributed by atoms with van der Waals surface area (Å²) in [6, 6.07) is 10.5. The van der Waals surface area contributed by atoms with Crippen LogP contribution in [0.25, 0.3) is 42.7 Å². The van der Waals surface area contributed by atoms with Gasteiger partial charge in [0.1, 0.15) is 5.65 Å². The van der Waals surface area contributed by atoms with Crippen molar-refractivity contribution >= 4 is 32.5 Å². The van der Waals surface area contributed by atoms with Crippen LogP contribution in [0.15, 0.2) is 61.3 Å². The molecule has 5 aromatic heterocycles. The average Bonchev–Trinajstić information content (AvgIpc) is 3.25. The van der Waals surface area contributed by atoms with Crippen LogP contribution in [-0.4, -0.2) is 19.9 Å². The molecule has 0 unspecified atom stereocenters. The summed E-state index contributed by atoms with van der Waals surface area (Å²) >= 11 is 1.75. The first-order valence-electron chi connectivity index (χ1n) is 8.03. The van der Waals surface area contributed by atoms with Gasteiger partial charge in [0.05, 0.1) is 4.70 Å². The number of pyridine rings is 3. The van der Waals surface area contributed by atoms with E-state index in [1.165, 1.54) is 20.5 Å². The van der Waals surface area contributed by atoms with E-state index in [2.05, 4.69) is 38.1 Å². The molecule has 5 rings (SSSR count). The minimum absolute atomic E-state index is 0.899. The Labute approximate surface area is 148 Å². The Kier molecular flexibility index (Phi) is 3.15. The van der Waals surface area contributed by atoms with Crippen LogP contribution in [0.2, 0.25) is 0 Å². The number of hydrogen-bond donors (Lipinski definition) is 1. The number of fused-ring (bicyclic) bond motifs is 2. The first kappa shape index (κ1) is 14.3. The van der Waals surface area contributed by atoms with Crippen LogP contribution in [0.1, 0.15) is 5.69 Å². The Bertz CT molecular complexity index is 1190. The van der Waals surface area contributed by atoms with E-state index in [0.29, 0.717) is 0 Å². The third kappa shape index (κ3) is 2.32. The lowest BCUT2D eigenvalue weighted by Crippen LogP contribution is -1.88. The summed E-state index contributed by atoms with van der Waals surface area (Å²) in [5, 5.41) is 2.34. The summed E-state index contributed by atoms with van der Waals surface area (Å²) in [5.41, 5.74) is 5.28. The largest absolute Gasteiger partial charge is 0.345 e. The molecule has 0 radical (unpaired) electrons. The summed E-state index contributed by atoms with van der Waals surface area (Å²) in [7, 11) is 0. The number of hydrogen-bond acceptors (Lipinski definition) is 4. The van der Waals surface area contributed by atoms with Gasteiger partial charge in [0.15, 0.2) is 0 Å². The molecule has 120 valence electrons. The van der Waals surface area contributed by atoms with E-state index in [1.54, 1.807) is 11.3 Å². The zero-order chi connectivity index (χ0) is 16.8. The summed E-state index contributed by atoms with van der Waals surface area (Å²) < 4.78 is 1.19. The molecular formula is C20H14N4S. The van der Waals surface area contributed by atoms with Crippen LogP contribution >= 0.6 is 11.3 Å². The number of nitrogens with zero attached hydrogens (tertiary/aromatic N) is 3. The summed E-state index contributed by atoms with van der Waals surface area (Å²) in [5.74, 6) is 0. The lowest BCUT2D eigenvalue weighted by molar-refractivity contribution is 1.20. The van der Waals surface area contributed by atoms with Crippen molar-refractivity contribution in [3.05, 3.63) is 67.0 Å². The molecule has 0 aliphatic carbocycles. The number of thiophene rings is 1. The van der Waals surface area contributed by atoms with Gasteiger partial charge in [-0.15, -0.1) is 11.3 Å². The molecule has 0 aliphatic rings. The molecule has 0 amide bonds. The third-order valence-electron chi connectivity index (χ3n) is 4.44. The standard InChI is InChI=1S/C20H14N4S/c1-12-15(3-2-5-22-12)14-7-16-17(10-24-20(16)23-9-14)18-8-13-4-6-21-11-19(13)25-18/h2-11H,1H3,(H,23,24). The van der Waals surface area contributed by atoms with Crippen molar-refractivity contribution in [1.29, 1.82) is 0 Å². The molecule has 5 heterocycles. The van der Waals surface area contributed by atoms with Crippen molar-refractivity contribution in [3.8, 4) is 21.6 Å². The SMILES string of the molecule is Cc1ncccc1-c1cnc2[nH]cc(-c3cc4ccncc4s3)c2c1. The molecule has 0 atom stereocenters. The summed E-state index contributed by atoms with van der Waals surface area (Å²) in [4.78, 5) is 17.7. The maximum Gasteiger partial charge on any atom is 0.137 e. The maximum absolute atomic E-state index is 4.61. The van der Waals surface area contributed by atoms with E-state index in [9.17, 15) is 0 Å². The molecule has 0 fully saturated rings. The second-order valence-corrected chi connectivity index (χ2v) is 7.07. The van der Waals surface area contributed by atoms with Gasteiger partial charge >= 0.3 is 0 Å². The minimum atomic E-state index is 0.899. The van der Waals surface area contributed by atoms with Gasteiger partial charge < -0.3 is 4.98 Å². The van der Waals surface area contributed by atoms with E-state index in [-0.39, 0.29) is 0 Å². The number of H-pyrrole nitrogens is 1. The second-order valence-electron chi connectivity index (χ2n) is 5.98. The predicted molar refractivity (Wildman–Crippen MR) is 103 cm³/mol. The Morgan fingerprint density at radius 2 is 1.96 bits per heavy atom. The number of rotatable bonds is 2. The van der Waals surface area contributed by atoms with Crippen LogP contribution in [0.3, 0.4) is 0 Å². The fraction of sp³-hybridized carbons (Fsp3) is 0.0500. The quantitative estimate of drug-likeness (QED) is 0.479. The highest BCUT2D eigenvalue weighted by molar-refractivity contribution is 7.22. The maximum atomic E-state index is 4.61. The van der Waals surface area contributed by atoms with Gasteiger partial charge in [-0.05, 0) is 36.6 Å². The predicted octanol–water partition coefficient (Wildman–Crippen LogP) is 5.21. The van der Waals surface area contributed by atoms with Gasteiger partial charge in [0.25, 0.3) is 0 Å². The van der Waals surface area contributed by atoms with Gasteiger partial charge in [0.2, 0.25) is 0 Å². The summed E-state index contributed by atoms with van der Waals surface area (Å²) in [6.45, 7) is 2.02. The highest BCUT2D eigenvalue weighted by atomic mass is 32.1. The second kappa shape index (κ2) is 5.50. The molecule has 0 saturated carbocycles. The molecule has 0 aliphatic heterocycles. The van der Waals surface area contributed by atoms with E-state index in [1.807, 2.05) is 50.0 Å². The molecule has 1 N–H and O–H groups in total. The zero-order valence-corrected chi connectivity index (χ0v) is 14.3. The number of nitrogens with one attached hydrogen (secondary N) is 1. The fourth-order valence-electron chi connectivity index (χ4n) is 3.16. The van der Waals surface area contributed by atoms with Gasteiger partial charge in [-0.3, -0.25) is 9.97 Å². The molecule has 5 heteroatoms. The molecule has 0 spiro atoms. The normalized spacial score (nSPS) is 11.4. The summed E-state index contributed by atoms with van der Waals surface area (Å²) in [6.07, 6.45) is 9.51. The minimum Gasteiger partial charge on any atom is -0.345 e. The number of aryl methyl sites for hydroxylation is 1. The highest BCUT2D eigenvalue weighted by Crippen LogP contribution is 2.37. The number of aromatic amines is 1. The van der Waals surface area contributed by atoms with Gasteiger partial charge in [-0.1, -0.05) is 6.07 Å². The van der Waals surface area contributed by atoms with Gasteiger partial charge in [0, 0.05) is 63.6 Å². The molecule has 0 bridgehead atoms. The van der Waals surface area contributed by atoms with Crippen molar-refractivity contribution in [1.82, 2.24) is 19.9 Å². The van der Waals surface area contributed by atoms with Crippen molar-refractivity contribution in [3.63, 3.8) is 0 Å². The van der Waals surface area contributed by atoms with Crippen LogP contribution in [0, 0.1) is 6.92 Å². The van der Waals surface area contributed by atoms with E-state index < -0.39 is 0 Å². The first-order valence-corrected chi connectivity index (χ1v) is 8.84. The van der Waals surface area contributed by atoms with Gasteiger partial charge in [-0.25, -0.2) is 4.98 Å². The molecule has 4 nitrogen and oxygen atoms in total. The van der Waals surface area contributed by atoms with Crippen molar-refractivity contribution in [2.24, 2.45) is 0 Å². The monoisotopic (exact) mass is 342 g/mol. The van der Waals surface area contributed by atoms with Crippen molar-refractivity contribution in [2.75, 3.05) is 0 Å².